The second-order valence-corrected chi connectivity index (χ2v) is 4.46. The first-order valence-electron chi connectivity index (χ1n) is 5.98. The molecule has 1 heterocycles. The number of rotatable bonds is 4. The van der Waals surface area contributed by atoms with Crippen LogP contribution in [-0.2, 0) is 4.74 Å². The first-order chi connectivity index (χ1) is 7.40. The van der Waals surface area contributed by atoms with Crippen molar-refractivity contribution in [2.45, 2.75) is 19.3 Å². The third-order valence-electron chi connectivity index (χ3n) is 3.38. The summed E-state index contributed by atoms with van der Waals surface area (Å²) < 4.78 is 5.11. The zero-order valence-electron chi connectivity index (χ0n) is 9.61. The topological polar surface area (TPSA) is 12.5 Å². The Morgan fingerprint density at radius 3 is 3.13 bits per heavy atom. The fourth-order valence-corrected chi connectivity index (χ4v) is 2.46. The van der Waals surface area contributed by atoms with Gasteiger partial charge in [-0.25, -0.2) is 0 Å². The van der Waals surface area contributed by atoms with E-state index in [-0.39, 0.29) is 0 Å². The molecule has 0 aromatic carbocycles. The molecule has 2 rings (SSSR count). The summed E-state index contributed by atoms with van der Waals surface area (Å²) in [5.41, 5.74) is 1.57. The highest BCUT2D eigenvalue weighted by molar-refractivity contribution is 5.26. The van der Waals surface area contributed by atoms with E-state index in [0.29, 0.717) is 0 Å². The monoisotopic (exact) mass is 207 g/mol. The number of ether oxygens (including phenoxy) is 1. The van der Waals surface area contributed by atoms with Crippen LogP contribution in [-0.4, -0.2) is 38.3 Å². The molecule has 0 radical (unpaired) electrons. The maximum absolute atomic E-state index is 5.11. The van der Waals surface area contributed by atoms with E-state index in [0.717, 1.165) is 19.1 Å². The Kier molecular flexibility index (Phi) is 3.98. The molecular formula is C13H21NO. The van der Waals surface area contributed by atoms with Gasteiger partial charge in [-0.15, -0.1) is 0 Å². The van der Waals surface area contributed by atoms with Crippen molar-refractivity contribution in [2.75, 3.05) is 33.4 Å². The van der Waals surface area contributed by atoms with Crippen LogP contribution in [0.15, 0.2) is 23.8 Å². The lowest BCUT2D eigenvalue weighted by Gasteiger charge is -2.17. The largest absolute Gasteiger partial charge is 0.383 e. The van der Waals surface area contributed by atoms with Gasteiger partial charge in [0, 0.05) is 20.2 Å². The lowest BCUT2D eigenvalue weighted by molar-refractivity contribution is 0.159. The SMILES string of the molecule is COCCN1CCC(C2=CCCC=C2)C1. The van der Waals surface area contributed by atoms with Crippen LogP contribution in [0.3, 0.4) is 0 Å². The van der Waals surface area contributed by atoms with E-state index in [9.17, 15) is 0 Å². The zero-order chi connectivity index (χ0) is 10.5. The van der Waals surface area contributed by atoms with Crippen LogP contribution in [0.4, 0.5) is 0 Å². The molecule has 84 valence electrons. The van der Waals surface area contributed by atoms with Gasteiger partial charge in [0.1, 0.15) is 0 Å². The average molecular weight is 207 g/mol. The maximum Gasteiger partial charge on any atom is 0.0589 e. The van der Waals surface area contributed by atoms with Crippen molar-refractivity contribution in [3.05, 3.63) is 23.8 Å². The second kappa shape index (κ2) is 5.47. The molecule has 15 heavy (non-hydrogen) atoms. The van der Waals surface area contributed by atoms with Gasteiger partial charge < -0.3 is 9.64 Å². The predicted molar refractivity (Wildman–Crippen MR) is 62.9 cm³/mol. The molecule has 0 spiro atoms. The Hall–Kier alpha value is -0.600. The fraction of sp³-hybridized carbons (Fsp3) is 0.692. The third-order valence-corrected chi connectivity index (χ3v) is 3.38. The minimum absolute atomic E-state index is 0.776. The van der Waals surface area contributed by atoms with Gasteiger partial charge in [0.15, 0.2) is 0 Å². The smallest absolute Gasteiger partial charge is 0.0589 e. The van der Waals surface area contributed by atoms with Crippen LogP contribution < -0.4 is 0 Å². The van der Waals surface area contributed by atoms with Crippen molar-refractivity contribution in [3.63, 3.8) is 0 Å². The van der Waals surface area contributed by atoms with Gasteiger partial charge >= 0.3 is 0 Å². The Morgan fingerprint density at radius 2 is 2.40 bits per heavy atom. The molecule has 1 atom stereocenters. The van der Waals surface area contributed by atoms with Gasteiger partial charge in [-0.2, -0.15) is 0 Å². The molecule has 2 nitrogen and oxygen atoms in total. The number of nitrogens with zero attached hydrogens (tertiary/aromatic N) is 1. The molecule has 0 amide bonds. The highest BCUT2D eigenvalue weighted by Gasteiger charge is 2.24. The van der Waals surface area contributed by atoms with Crippen molar-refractivity contribution < 1.29 is 4.74 Å². The van der Waals surface area contributed by atoms with Crippen molar-refractivity contribution in [3.8, 4) is 0 Å². The average Bonchev–Trinajstić information content (AvgIpc) is 2.76. The normalized spacial score (nSPS) is 27.0. The van der Waals surface area contributed by atoms with Gasteiger partial charge in [-0.3, -0.25) is 0 Å². The first-order valence-corrected chi connectivity index (χ1v) is 5.98. The van der Waals surface area contributed by atoms with Crippen LogP contribution in [0, 0.1) is 5.92 Å². The minimum Gasteiger partial charge on any atom is -0.383 e. The van der Waals surface area contributed by atoms with Crippen molar-refractivity contribution >= 4 is 0 Å². The molecule has 1 fully saturated rings. The summed E-state index contributed by atoms with van der Waals surface area (Å²) in [6.07, 6.45) is 10.8. The van der Waals surface area contributed by atoms with Crippen molar-refractivity contribution in [1.29, 1.82) is 0 Å². The number of hydrogen-bond acceptors (Lipinski definition) is 2. The number of hydrogen-bond donors (Lipinski definition) is 0. The minimum atomic E-state index is 0.776. The van der Waals surface area contributed by atoms with E-state index < -0.39 is 0 Å². The highest BCUT2D eigenvalue weighted by atomic mass is 16.5. The van der Waals surface area contributed by atoms with Crippen LogP contribution >= 0.6 is 0 Å². The molecule has 0 saturated carbocycles. The summed E-state index contributed by atoms with van der Waals surface area (Å²) in [6.45, 7) is 4.41. The molecule has 1 saturated heterocycles. The van der Waals surface area contributed by atoms with Crippen LogP contribution in [0.1, 0.15) is 19.3 Å². The van der Waals surface area contributed by atoms with Gasteiger partial charge in [-0.05, 0) is 37.3 Å². The molecule has 1 aliphatic heterocycles. The number of allylic oxidation sites excluding steroid dienone is 3. The van der Waals surface area contributed by atoms with Gasteiger partial charge in [0.2, 0.25) is 0 Å². The Balaban J connectivity index is 1.81. The summed E-state index contributed by atoms with van der Waals surface area (Å²) in [7, 11) is 1.78. The molecule has 0 bridgehead atoms. The van der Waals surface area contributed by atoms with Gasteiger partial charge in [0.25, 0.3) is 0 Å². The molecule has 0 N–H and O–H groups in total. The van der Waals surface area contributed by atoms with E-state index in [4.69, 9.17) is 4.74 Å². The summed E-state index contributed by atoms with van der Waals surface area (Å²) in [5, 5.41) is 0. The van der Waals surface area contributed by atoms with Crippen molar-refractivity contribution in [1.82, 2.24) is 4.90 Å². The third kappa shape index (κ3) is 2.93. The zero-order valence-corrected chi connectivity index (χ0v) is 9.61. The van der Waals surface area contributed by atoms with E-state index >= 15 is 0 Å². The maximum atomic E-state index is 5.11. The predicted octanol–water partition coefficient (Wildman–Crippen LogP) is 2.23. The Morgan fingerprint density at radius 1 is 1.47 bits per heavy atom. The lowest BCUT2D eigenvalue weighted by atomic mass is 9.93. The Labute approximate surface area is 92.6 Å². The molecule has 1 unspecified atom stereocenters. The molecule has 2 heteroatoms. The van der Waals surface area contributed by atoms with Gasteiger partial charge in [0.05, 0.1) is 6.61 Å². The van der Waals surface area contributed by atoms with E-state index in [1.54, 1.807) is 12.7 Å². The quantitative estimate of drug-likeness (QED) is 0.701. The highest BCUT2D eigenvalue weighted by Crippen LogP contribution is 2.27. The van der Waals surface area contributed by atoms with Gasteiger partial charge in [-0.1, -0.05) is 18.2 Å². The van der Waals surface area contributed by atoms with E-state index in [2.05, 4.69) is 23.1 Å². The van der Waals surface area contributed by atoms with Crippen LogP contribution in [0.25, 0.3) is 0 Å². The van der Waals surface area contributed by atoms with Crippen molar-refractivity contribution in [2.24, 2.45) is 5.92 Å². The first kappa shape index (κ1) is 10.9. The Bertz CT molecular complexity index is 257. The lowest BCUT2D eigenvalue weighted by Crippen LogP contribution is -2.25. The summed E-state index contributed by atoms with van der Waals surface area (Å²) >= 11 is 0. The standard InChI is InChI=1S/C13H21NO/c1-15-10-9-14-8-7-13(11-14)12-5-3-2-4-6-12/h3,5-6,13H,2,4,7-11H2,1H3. The fourth-order valence-electron chi connectivity index (χ4n) is 2.46. The summed E-state index contributed by atoms with van der Waals surface area (Å²) in [5.74, 6) is 0.776. The van der Waals surface area contributed by atoms with E-state index in [1.165, 1.54) is 32.4 Å². The number of methoxy groups -OCH3 is 1. The summed E-state index contributed by atoms with van der Waals surface area (Å²) in [6, 6.07) is 0. The van der Waals surface area contributed by atoms with Crippen LogP contribution in [0.2, 0.25) is 0 Å². The molecule has 1 aliphatic carbocycles. The molecular weight excluding hydrogens is 186 g/mol. The number of likely N-dealkylation sites (tertiary alicyclic amines) is 1. The molecule has 2 aliphatic rings. The van der Waals surface area contributed by atoms with Crippen LogP contribution in [0.5, 0.6) is 0 Å². The second-order valence-electron chi connectivity index (χ2n) is 4.46. The molecule has 0 aromatic rings. The molecule has 0 aromatic heterocycles. The summed E-state index contributed by atoms with van der Waals surface area (Å²) in [4.78, 5) is 2.51. The van der Waals surface area contributed by atoms with E-state index in [1.807, 2.05) is 0 Å².